The van der Waals surface area contributed by atoms with Crippen molar-refractivity contribution in [3.8, 4) is 17.3 Å². The number of aromatic nitrogens is 5. The quantitative estimate of drug-likeness (QED) is 0.483. The third-order valence-corrected chi connectivity index (χ3v) is 4.48. The van der Waals surface area contributed by atoms with Crippen LogP contribution in [0.5, 0.6) is 0 Å². The Hall–Kier alpha value is -4.45. The van der Waals surface area contributed by atoms with Crippen molar-refractivity contribution >= 4 is 17.6 Å². The zero-order chi connectivity index (χ0) is 21.6. The van der Waals surface area contributed by atoms with Gasteiger partial charge in [-0.2, -0.15) is 10.2 Å². The maximum Gasteiger partial charge on any atom is 0.225 e. The Kier molecular flexibility index (Phi) is 5.71. The highest BCUT2D eigenvalue weighted by Gasteiger charge is 2.14. The number of benzene rings is 1. The van der Waals surface area contributed by atoms with Crippen molar-refractivity contribution in [2.24, 2.45) is 0 Å². The van der Waals surface area contributed by atoms with Gasteiger partial charge in [0.1, 0.15) is 23.5 Å². The van der Waals surface area contributed by atoms with Crippen LogP contribution in [0.3, 0.4) is 0 Å². The van der Waals surface area contributed by atoms with Crippen LogP contribution in [-0.2, 0) is 0 Å². The molecule has 8 nitrogen and oxygen atoms in total. The molecule has 0 aliphatic carbocycles. The fourth-order valence-corrected chi connectivity index (χ4v) is 2.94. The molecule has 31 heavy (non-hydrogen) atoms. The fourth-order valence-electron chi connectivity index (χ4n) is 2.94. The normalized spacial score (nSPS) is 11.4. The van der Waals surface area contributed by atoms with Crippen LogP contribution in [0.1, 0.15) is 24.1 Å². The van der Waals surface area contributed by atoms with Crippen LogP contribution in [-0.4, -0.2) is 24.9 Å². The summed E-state index contributed by atoms with van der Waals surface area (Å²) in [5.74, 6) is 1.02. The first-order valence-electron chi connectivity index (χ1n) is 9.41. The van der Waals surface area contributed by atoms with Crippen LogP contribution in [0.25, 0.3) is 11.3 Å². The number of nitrogens with zero attached hydrogens (tertiary/aromatic N) is 6. The Labute approximate surface area is 177 Å². The van der Waals surface area contributed by atoms with Crippen LogP contribution < -0.4 is 10.6 Å². The monoisotopic (exact) mass is 412 g/mol. The van der Waals surface area contributed by atoms with Crippen molar-refractivity contribution in [1.82, 2.24) is 24.9 Å². The van der Waals surface area contributed by atoms with Gasteiger partial charge >= 0.3 is 0 Å². The summed E-state index contributed by atoms with van der Waals surface area (Å²) in [6.45, 7) is 1.92. The molecule has 4 rings (SSSR count). The molecule has 0 unspecified atom stereocenters. The maximum atomic E-state index is 13.3. The second-order valence-electron chi connectivity index (χ2n) is 6.63. The average Bonchev–Trinajstić information content (AvgIpc) is 2.80. The minimum atomic E-state index is -0.300. The number of pyridine rings is 1. The van der Waals surface area contributed by atoms with Gasteiger partial charge in [0, 0.05) is 36.4 Å². The number of nitrogens with one attached hydrogen (secondary N) is 2. The van der Waals surface area contributed by atoms with Gasteiger partial charge < -0.3 is 10.6 Å². The number of hydrogen-bond acceptors (Lipinski definition) is 8. The summed E-state index contributed by atoms with van der Waals surface area (Å²) in [6.07, 6.45) is 7.80. The molecule has 0 saturated carbocycles. The molecule has 0 saturated heterocycles. The zero-order valence-corrected chi connectivity index (χ0v) is 16.5. The molecular weight excluding hydrogens is 395 g/mol. The highest BCUT2D eigenvalue weighted by molar-refractivity contribution is 5.71. The van der Waals surface area contributed by atoms with E-state index in [-0.39, 0.29) is 11.9 Å². The van der Waals surface area contributed by atoms with Crippen LogP contribution in [0.15, 0.2) is 67.4 Å². The van der Waals surface area contributed by atoms with Gasteiger partial charge in [0.15, 0.2) is 0 Å². The van der Waals surface area contributed by atoms with E-state index in [4.69, 9.17) is 0 Å². The standard InChI is InChI=1S/C22H17FN8/c1-14(15-2-4-17(23)5-3-15)28-22-29-19(18-6-7-25-12-16(18)11-24)10-20(31-22)30-21-13-26-8-9-27-21/h2-10,12-14H,1H3,(H2,27,28,29,30,31)/t14-/m0/s1. The third-order valence-electron chi connectivity index (χ3n) is 4.48. The molecule has 4 aromatic rings. The van der Waals surface area contributed by atoms with Crippen LogP contribution in [0.2, 0.25) is 0 Å². The second kappa shape index (κ2) is 8.92. The number of anilines is 3. The smallest absolute Gasteiger partial charge is 0.225 e. The summed E-state index contributed by atoms with van der Waals surface area (Å²) in [7, 11) is 0. The van der Waals surface area contributed by atoms with Gasteiger partial charge in [-0.15, -0.1) is 0 Å². The van der Waals surface area contributed by atoms with Crippen LogP contribution in [0, 0.1) is 17.1 Å². The predicted octanol–water partition coefficient (Wildman–Crippen LogP) is 4.26. The Morgan fingerprint density at radius 1 is 0.968 bits per heavy atom. The number of nitriles is 1. The SMILES string of the molecule is C[C@H](Nc1nc(Nc2cnccn2)cc(-c2ccncc2C#N)n1)c1ccc(F)cc1. The number of rotatable bonds is 6. The summed E-state index contributed by atoms with van der Waals surface area (Å²) in [6, 6.07) is 11.6. The number of halogens is 1. The summed E-state index contributed by atoms with van der Waals surface area (Å²) in [5, 5.41) is 15.8. The van der Waals surface area contributed by atoms with E-state index in [1.165, 1.54) is 18.3 Å². The third kappa shape index (κ3) is 4.76. The van der Waals surface area contributed by atoms with Crippen molar-refractivity contribution in [2.45, 2.75) is 13.0 Å². The molecule has 0 amide bonds. The van der Waals surface area contributed by atoms with Crippen LogP contribution >= 0.6 is 0 Å². The first-order valence-corrected chi connectivity index (χ1v) is 9.41. The first kappa shape index (κ1) is 19.8. The highest BCUT2D eigenvalue weighted by Crippen LogP contribution is 2.26. The van der Waals surface area contributed by atoms with E-state index in [2.05, 4.69) is 41.6 Å². The van der Waals surface area contributed by atoms with Gasteiger partial charge in [0.05, 0.1) is 23.5 Å². The minimum Gasteiger partial charge on any atom is -0.348 e. The first-order chi connectivity index (χ1) is 15.1. The fraction of sp³-hybridized carbons (Fsp3) is 0.0909. The van der Waals surface area contributed by atoms with Crippen molar-refractivity contribution < 1.29 is 4.39 Å². The van der Waals surface area contributed by atoms with Crippen molar-refractivity contribution in [1.29, 1.82) is 5.26 Å². The molecule has 3 heterocycles. The van der Waals surface area contributed by atoms with Crippen molar-refractivity contribution in [3.05, 3.63) is 84.3 Å². The summed E-state index contributed by atoms with van der Waals surface area (Å²) < 4.78 is 13.3. The molecule has 152 valence electrons. The zero-order valence-electron chi connectivity index (χ0n) is 16.5. The lowest BCUT2D eigenvalue weighted by Crippen LogP contribution is -2.11. The molecule has 0 spiro atoms. The molecule has 2 N–H and O–H groups in total. The Morgan fingerprint density at radius 2 is 1.77 bits per heavy atom. The van der Waals surface area contributed by atoms with Gasteiger partial charge in [-0.1, -0.05) is 12.1 Å². The van der Waals surface area contributed by atoms with E-state index < -0.39 is 0 Å². The lowest BCUT2D eigenvalue weighted by atomic mass is 10.1. The molecule has 9 heteroatoms. The second-order valence-corrected chi connectivity index (χ2v) is 6.63. The molecule has 0 aliphatic rings. The van der Waals surface area contributed by atoms with Gasteiger partial charge in [0.2, 0.25) is 5.95 Å². The maximum absolute atomic E-state index is 13.3. The topological polar surface area (TPSA) is 112 Å². The van der Waals surface area contributed by atoms with E-state index in [1.54, 1.807) is 49.1 Å². The summed E-state index contributed by atoms with van der Waals surface area (Å²) in [4.78, 5) is 21.4. The Morgan fingerprint density at radius 3 is 2.52 bits per heavy atom. The van der Waals surface area contributed by atoms with E-state index in [0.29, 0.717) is 34.4 Å². The lowest BCUT2D eigenvalue weighted by molar-refractivity contribution is 0.626. The largest absolute Gasteiger partial charge is 0.348 e. The molecule has 0 radical (unpaired) electrons. The summed E-state index contributed by atoms with van der Waals surface area (Å²) in [5.41, 5.74) is 2.43. The van der Waals surface area contributed by atoms with Gasteiger partial charge in [0.25, 0.3) is 0 Å². The molecule has 0 aliphatic heterocycles. The van der Waals surface area contributed by atoms with Gasteiger partial charge in [-0.05, 0) is 30.7 Å². The molecule has 3 aromatic heterocycles. The van der Waals surface area contributed by atoms with E-state index in [9.17, 15) is 9.65 Å². The van der Waals surface area contributed by atoms with Crippen molar-refractivity contribution in [3.63, 3.8) is 0 Å². The molecule has 1 aromatic carbocycles. The highest BCUT2D eigenvalue weighted by atomic mass is 19.1. The number of hydrogen-bond donors (Lipinski definition) is 2. The summed E-state index contributed by atoms with van der Waals surface area (Å²) >= 11 is 0. The van der Waals surface area contributed by atoms with Crippen LogP contribution in [0.4, 0.5) is 22.0 Å². The Bertz CT molecular complexity index is 1220. The average molecular weight is 412 g/mol. The molecule has 0 bridgehead atoms. The lowest BCUT2D eigenvalue weighted by Gasteiger charge is -2.16. The van der Waals surface area contributed by atoms with E-state index >= 15 is 0 Å². The van der Waals surface area contributed by atoms with Gasteiger partial charge in [-0.3, -0.25) is 9.97 Å². The van der Waals surface area contributed by atoms with Gasteiger partial charge in [-0.25, -0.2) is 14.4 Å². The predicted molar refractivity (Wildman–Crippen MR) is 114 cm³/mol. The minimum absolute atomic E-state index is 0.187. The van der Waals surface area contributed by atoms with E-state index in [0.717, 1.165) is 5.56 Å². The van der Waals surface area contributed by atoms with E-state index in [1.807, 2.05) is 6.92 Å². The van der Waals surface area contributed by atoms with Crippen molar-refractivity contribution in [2.75, 3.05) is 10.6 Å². The molecule has 0 fully saturated rings. The Balaban J connectivity index is 1.72. The molecule has 1 atom stereocenters. The molecular formula is C22H17FN8.